The van der Waals surface area contributed by atoms with Crippen LogP contribution in [0.15, 0.2) is 23.2 Å². The Balaban J connectivity index is 1.73. The molecule has 3 rings (SSSR count). The third-order valence-corrected chi connectivity index (χ3v) is 7.69. The van der Waals surface area contributed by atoms with Gasteiger partial charge in [-0.3, -0.25) is 9.79 Å². The Hall–Kier alpha value is -1.54. The van der Waals surface area contributed by atoms with Gasteiger partial charge in [0.2, 0.25) is 0 Å². The van der Waals surface area contributed by atoms with Crippen LogP contribution in [0.1, 0.15) is 36.2 Å². The molecule has 1 aromatic rings. The molecule has 1 fully saturated rings. The van der Waals surface area contributed by atoms with Crippen molar-refractivity contribution < 1.29 is 13.2 Å². The van der Waals surface area contributed by atoms with Gasteiger partial charge in [-0.2, -0.15) is 0 Å². The summed E-state index contributed by atoms with van der Waals surface area (Å²) in [6, 6.07) is 5.50. The summed E-state index contributed by atoms with van der Waals surface area (Å²) in [7, 11) is -2.95. The van der Waals surface area contributed by atoms with Crippen LogP contribution in [0, 0.1) is 6.92 Å². The lowest BCUT2D eigenvalue weighted by atomic mass is 10.1. The van der Waals surface area contributed by atoms with E-state index in [4.69, 9.17) is 0 Å². The summed E-state index contributed by atoms with van der Waals surface area (Å²) >= 11 is 1.47. The molecule has 0 unspecified atom stereocenters. The summed E-state index contributed by atoms with van der Waals surface area (Å²) in [5.74, 6) is 0.223. The number of thioether (sulfide) groups is 1. The number of amides is 1. The number of fused-ring (bicyclic) bond motifs is 1. The van der Waals surface area contributed by atoms with Gasteiger partial charge in [0.25, 0.3) is 5.91 Å². The second-order valence-corrected chi connectivity index (χ2v) is 10.1. The number of amidine groups is 1. The van der Waals surface area contributed by atoms with Crippen LogP contribution in [0.25, 0.3) is 0 Å². The number of anilines is 1. The number of aliphatic imine (C=N–C) groups is 1. The van der Waals surface area contributed by atoms with E-state index in [2.05, 4.69) is 15.6 Å². The van der Waals surface area contributed by atoms with Crippen molar-refractivity contribution in [1.29, 1.82) is 0 Å². The number of hydrogen-bond acceptors (Lipinski definition) is 6. The van der Waals surface area contributed by atoms with Gasteiger partial charge in [-0.1, -0.05) is 24.8 Å². The van der Waals surface area contributed by atoms with Crippen molar-refractivity contribution in [2.75, 3.05) is 16.8 Å². The maximum absolute atomic E-state index is 12.3. The molecule has 8 heteroatoms. The zero-order valence-corrected chi connectivity index (χ0v) is 16.2. The third kappa shape index (κ3) is 4.17. The minimum absolute atomic E-state index is 0.00434. The normalized spacial score (nSPS) is 25.2. The van der Waals surface area contributed by atoms with E-state index < -0.39 is 9.84 Å². The molecule has 0 spiro atoms. The highest BCUT2D eigenvalue weighted by molar-refractivity contribution is 8.15. The van der Waals surface area contributed by atoms with E-state index in [0.29, 0.717) is 5.56 Å². The predicted octanol–water partition coefficient (Wildman–Crippen LogP) is 2.20. The van der Waals surface area contributed by atoms with Crippen molar-refractivity contribution in [2.45, 2.75) is 44.5 Å². The fraction of sp³-hybridized carbons (Fsp3) is 0.529. The van der Waals surface area contributed by atoms with Crippen LogP contribution in [0.3, 0.4) is 0 Å². The summed E-state index contributed by atoms with van der Waals surface area (Å²) in [6.45, 7) is 5.96. The van der Waals surface area contributed by atoms with Gasteiger partial charge < -0.3 is 10.6 Å². The highest BCUT2D eigenvalue weighted by Gasteiger charge is 2.42. The zero-order chi connectivity index (χ0) is 18.2. The Morgan fingerprint density at radius 2 is 2.16 bits per heavy atom. The lowest BCUT2D eigenvalue weighted by Crippen LogP contribution is -2.32. The number of carbonyl (C=O) groups excluding carboxylic acids is 1. The second-order valence-electron chi connectivity index (χ2n) is 6.67. The molecule has 0 bridgehead atoms. The Morgan fingerprint density at radius 3 is 2.84 bits per heavy atom. The fourth-order valence-corrected chi connectivity index (χ4v) is 6.51. The van der Waals surface area contributed by atoms with Crippen LogP contribution in [0.5, 0.6) is 0 Å². The molecule has 0 saturated carbocycles. The van der Waals surface area contributed by atoms with Gasteiger partial charge in [-0.25, -0.2) is 8.42 Å². The maximum Gasteiger partial charge on any atom is 0.251 e. The number of nitrogens with one attached hydrogen (secondary N) is 2. The summed E-state index contributed by atoms with van der Waals surface area (Å²) in [4.78, 5) is 16.8. The van der Waals surface area contributed by atoms with E-state index in [9.17, 15) is 13.2 Å². The Kier molecular flexibility index (Phi) is 5.11. The Labute approximate surface area is 152 Å². The van der Waals surface area contributed by atoms with Gasteiger partial charge in [0.1, 0.15) is 0 Å². The topological polar surface area (TPSA) is 87.6 Å². The molecule has 2 aliphatic heterocycles. The molecule has 6 nitrogen and oxygen atoms in total. The predicted molar refractivity (Wildman–Crippen MR) is 103 cm³/mol. The molecular weight excluding hydrogens is 358 g/mol. The van der Waals surface area contributed by atoms with Crippen LogP contribution in [-0.4, -0.2) is 48.3 Å². The van der Waals surface area contributed by atoms with E-state index in [1.54, 1.807) is 0 Å². The van der Waals surface area contributed by atoms with E-state index in [0.717, 1.165) is 22.8 Å². The molecule has 1 saturated heterocycles. The molecule has 3 atom stereocenters. The van der Waals surface area contributed by atoms with Gasteiger partial charge in [0.05, 0.1) is 17.5 Å². The van der Waals surface area contributed by atoms with Crippen LogP contribution in [0.4, 0.5) is 5.69 Å². The third-order valence-electron chi connectivity index (χ3n) is 4.55. The van der Waals surface area contributed by atoms with Crippen molar-refractivity contribution in [3.8, 4) is 0 Å². The number of aryl methyl sites for hydroxylation is 1. The molecule has 1 aromatic carbocycles. The van der Waals surface area contributed by atoms with Crippen LogP contribution in [-0.2, 0) is 9.84 Å². The number of sulfone groups is 1. The SMILES string of the molecule is CC[C@H](C)NC(=O)c1ccc(C)c(NC2=N[C@H]3CS(=O)(=O)C[C@@H]3S2)c1. The number of carbonyl (C=O) groups is 1. The van der Waals surface area contributed by atoms with E-state index in [1.807, 2.05) is 39.0 Å². The van der Waals surface area contributed by atoms with Crippen LogP contribution >= 0.6 is 11.8 Å². The molecule has 0 radical (unpaired) electrons. The molecule has 25 heavy (non-hydrogen) atoms. The molecule has 0 aliphatic carbocycles. The molecule has 1 amide bonds. The molecule has 2 heterocycles. The summed E-state index contributed by atoms with van der Waals surface area (Å²) in [6.07, 6.45) is 0.877. The molecule has 2 aliphatic rings. The lowest BCUT2D eigenvalue weighted by molar-refractivity contribution is 0.0939. The van der Waals surface area contributed by atoms with Gasteiger partial charge >= 0.3 is 0 Å². The summed E-state index contributed by atoms with van der Waals surface area (Å²) in [5.41, 5.74) is 2.43. The molecular formula is C17H23N3O3S2. The Bertz CT molecular complexity index is 820. The lowest BCUT2D eigenvalue weighted by Gasteiger charge is -2.14. The number of benzene rings is 1. The molecule has 0 aromatic heterocycles. The quantitative estimate of drug-likeness (QED) is 0.835. The molecule has 136 valence electrons. The van der Waals surface area contributed by atoms with Crippen LogP contribution in [0.2, 0.25) is 0 Å². The monoisotopic (exact) mass is 381 g/mol. The number of hydrogen-bond donors (Lipinski definition) is 2. The van der Waals surface area contributed by atoms with Gasteiger partial charge in [-0.15, -0.1) is 0 Å². The average molecular weight is 382 g/mol. The largest absolute Gasteiger partial charge is 0.350 e. The minimum Gasteiger partial charge on any atom is -0.350 e. The highest BCUT2D eigenvalue weighted by Crippen LogP contribution is 2.35. The van der Waals surface area contributed by atoms with E-state index in [-0.39, 0.29) is 34.7 Å². The van der Waals surface area contributed by atoms with E-state index in [1.165, 1.54) is 11.8 Å². The first-order chi connectivity index (χ1) is 11.8. The summed E-state index contributed by atoms with van der Waals surface area (Å²) < 4.78 is 23.3. The first-order valence-corrected chi connectivity index (χ1v) is 11.1. The van der Waals surface area contributed by atoms with Crippen molar-refractivity contribution in [3.63, 3.8) is 0 Å². The number of nitrogens with zero attached hydrogens (tertiary/aromatic N) is 1. The summed E-state index contributed by atoms with van der Waals surface area (Å²) in [5, 5.41) is 6.96. The van der Waals surface area contributed by atoms with Crippen molar-refractivity contribution in [1.82, 2.24) is 5.32 Å². The zero-order valence-electron chi connectivity index (χ0n) is 14.6. The Morgan fingerprint density at radius 1 is 1.40 bits per heavy atom. The van der Waals surface area contributed by atoms with Gasteiger partial charge in [-0.05, 0) is 38.0 Å². The number of rotatable bonds is 4. The maximum atomic E-state index is 12.3. The first kappa shape index (κ1) is 18.3. The minimum atomic E-state index is -2.95. The fourth-order valence-electron chi connectivity index (χ4n) is 2.84. The van der Waals surface area contributed by atoms with Crippen molar-refractivity contribution in [3.05, 3.63) is 29.3 Å². The highest BCUT2D eigenvalue weighted by atomic mass is 32.2. The second kappa shape index (κ2) is 6.99. The van der Waals surface area contributed by atoms with E-state index >= 15 is 0 Å². The van der Waals surface area contributed by atoms with Gasteiger partial charge in [0, 0.05) is 22.5 Å². The first-order valence-electron chi connectivity index (χ1n) is 8.41. The van der Waals surface area contributed by atoms with Crippen molar-refractivity contribution in [2.24, 2.45) is 4.99 Å². The smallest absolute Gasteiger partial charge is 0.251 e. The standard InChI is InChI=1S/C17H23N3O3S2/c1-4-11(3)18-16(21)12-6-5-10(2)13(7-12)19-17-20-14-8-25(22,23)9-15(14)24-17/h5-7,11,14-15H,4,8-9H2,1-3H3,(H,18,21)(H,19,20)/t11-,14-,15-/m0/s1. The van der Waals surface area contributed by atoms with Gasteiger partial charge in [0.15, 0.2) is 15.0 Å². The van der Waals surface area contributed by atoms with Crippen molar-refractivity contribution >= 4 is 38.4 Å². The van der Waals surface area contributed by atoms with Crippen LogP contribution < -0.4 is 10.6 Å². The molecule has 2 N–H and O–H groups in total. The average Bonchev–Trinajstić information content (AvgIpc) is 3.01.